The number of nitrogens with one attached hydrogen (secondary N) is 1. The summed E-state index contributed by atoms with van der Waals surface area (Å²) in [7, 11) is 1.12. The van der Waals surface area contributed by atoms with Crippen molar-refractivity contribution >= 4 is 11.9 Å². The number of carboxylic acid groups (broad SMARTS) is 1. The molecule has 0 aromatic rings. The van der Waals surface area contributed by atoms with Crippen LogP contribution in [0.2, 0.25) is 0 Å². The minimum absolute atomic E-state index is 0.607. The molecule has 162 valence electrons. The molecule has 0 aromatic carbocycles. The zero-order valence-electron chi connectivity index (χ0n) is 15.1. The molecule has 0 aliphatic carbocycles. The van der Waals surface area contributed by atoms with Crippen LogP contribution < -0.4 is 5.32 Å². The lowest BCUT2D eigenvalue weighted by atomic mass is 9.95. The quantitative estimate of drug-likeness (QED) is 0.221. The Morgan fingerprint density at radius 2 is 1.68 bits per heavy atom. The van der Waals surface area contributed by atoms with Crippen LogP contribution in [0.3, 0.4) is 0 Å². The van der Waals surface area contributed by atoms with E-state index in [0.717, 1.165) is 14.0 Å². The van der Waals surface area contributed by atoms with Gasteiger partial charge in [-0.2, -0.15) is 0 Å². The van der Waals surface area contributed by atoms with E-state index in [4.69, 9.17) is 18.9 Å². The molecule has 2 aliphatic rings. The number of carboxylic acids is 1. The lowest BCUT2D eigenvalue weighted by molar-refractivity contribution is -0.338. The van der Waals surface area contributed by atoms with Crippen LogP contribution in [-0.4, -0.2) is 118 Å². The third kappa shape index (κ3) is 4.59. The predicted molar refractivity (Wildman–Crippen MR) is 85.6 cm³/mol. The highest BCUT2D eigenvalue weighted by molar-refractivity contribution is 5.73. The Labute approximate surface area is 159 Å². The summed E-state index contributed by atoms with van der Waals surface area (Å²) in [5, 5.41) is 61.7. The van der Waals surface area contributed by atoms with Gasteiger partial charge in [-0.25, -0.2) is 4.79 Å². The number of carbonyl (C=O) groups excluding carboxylic acids is 1. The van der Waals surface area contributed by atoms with E-state index in [1.165, 1.54) is 0 Å². The van der Waals surface area contributed by atoms with Gasteiger partial charge in [0.1, 0.15) is 42.7 Å². The average Bonchev–Trinajstić information content (AvgIpc) is 2.63. The van der Waals surface area contributed by atoms with Gasteiger partial charge in [0.15, 0.2) is 18.7 Å². The fourth-order valence-corrected chi connectivity index (χ4v) is 3.20. The fraction of sp³-hybridized carbons (Fsp3) is 0.867. The smallest absolute Gasteiger partial charge is 0.335 e. The molecule has 2 rings (SSSR count). The van der Waals surface area contributed by atoms with Crippen LogP contribution in [0.4, 0.5) is 0 Å². The van der Waals surface area contributed by atoms with E-state index in [1.54, 1.807) is 0 Å². The van der Waals surface area contributed by atoms with Gasteiger partial charge in [-0.05, 0) is 0 Å². The number of methoxy groups -OCH3 is 1. The minimum atomic E-state index is -1.78. The summed E-state index contributed by atoms with van der Waals surface area (Å²) in [6.07, 6.45) is -14.4. The number of aliphatic carboxylic acids is 1. The van der Waals surface area contributed by atoms with Crippen molar-refractivity contribution in [3.63, 3.8) is 0 Å². The predicted octanol–water partition coefficient (Wildman–Crippen LogP) is -4.51. The number of aliphatic hydroxyl groups excluding tert-OH is 5. The number of hydrogen-bond donors (Lipinski definition) is 7. The van der Waals surface area contributed by atoms with Crippen molar-refractivity contribution in [3.8, 4) is 0 Å². The first-order valence-electron chi connectivity index (χ1n) is 8.44. The largest absolute Gasteiger partial charge is 0.479 e. The van der Waals surface area contributed by atoms with E-state index >= 15 is 0 Å². The van der Waals surface area contributed by atoms with E-state index in [1.807, 2.05) is 0 Å². The van der Waals surface area contributed by atoms with Crippen molar-refractivity contribution in [1.29, 1.82) is 0 Å². The zero-order chi connectivity index (χ0) is 21.2. The van der Waals surface area contributed by atoms with Crippen LogP contribution in [0.1, 0.15) is 6.92 Å². The van der Waals surface area contributed by atoms with Gasteiger partial charge in [-0.3, -0.25) is 4.79 Å². The Kier molecular flexibility index (Phi) is 7.66. The molecule has 1 unspecified atom stereocenters. The van der Waals surface area contributed by atoms with Gasteiger partial charge in [0.2, 0.25) is 5.91 Å². The van der Waals surface area contributed by atoms with Crippen LogP contribution in [0.5, 0.6) is 0 Å². The van der Waals surface area contributed by atoms with Gasteiger partial charge >= 0.3 is 5.97 Å². The standard InChI is InChI=1S/C15H25NO12/c1-4(18)16-6-10(7(19)5(3-17)26-14(6)24)27-15-9(21)8(20)11(25-2)12(28-15)13(22)23/h5-12,14-15,17,19-21,24H,3H2,1-2H3,(H,16,18)(H,22,23)/t5-,6-,7-,8-,9-,10-,11+,12?,14-,15-/m1/s1. The number of ether oxygens (including phenoxy) is 4. The second kappa shape index (κ2) is 9.39. The second-order valence-corrected chi connectivity index (χ2v) is 6.51. The molecule has 2 saturated heterocycles. The molecular weight excluding hydrogens is 386 g/mol. The third-order valence-corrected chi connectivity index (χ3v) is 4.59. The Morgan fingerprint density at radius 1 is 1.04 bits per heavy atom. The maximum Gasteiger partial charge on any atom is 0.335 e. The SMILES string of the molecule is CO[C@@H]1C(C(=O)O)O[C@@H](O[C@H]2[C@H](O)[C@@H](CO)O[C@@H](O)[C@@H]2NC(C)=O)[C@H](O)[C@H]1O. The van der Waals surface area contributed by atoms with Crippen molar-refractivity contribution in [2.24, 2.45) is 0 Å². The van der Waals surface area contributed by atoms with Crippen LogP contribution in [0.25, 0.3) is 0 Å². The zero-order valence-corrected chi connectivity index (χ0v) is 15.1. The molecule has 0 saturated carbocycles. The van der Waals surface area contributed by atoms with E-state index in [-0.39, 0.29) is 0 Å². The van der Waals surface area contributed by atoms with Gasteiger partial charge in [0, 0.05) is 14.0 Å². The highest BCUT2D eigenvalue weighted by Gasteiger charge is 2.52. The Hall–Kier alpha value is -1.42. The Bertz CT molecular complexity index is 561. The molecule has 2 heterocycles. The van der Waals surface area contributed by atoms with Crippen LogP contribution in [0, 0.1) is 0 Å². The second-order valence-electron chi connectivity index (χ2n) is 6.51. The molecule has 13 heteroatoms. The number of carbonyl (C=O) groups is 2. The molecule has 1 amide bonds. The first-order valence-corrected chi connectivity index (χ1v) is 8.44. The van der Waals surface area contributed by atoms with E-state index in [9.17, 15) is 40.2 Å². The third-order valence-electron chi connectivity index (χ3n) is 4.59. The van der Waals surface area contributed by atoms with Crippen molar-refractivity contribution in [2.75, 3.05) is 13.7 Å². The van der Waals surface area contributed by atoms with Crippen molar-refractivity contribution in [2.45, 2.75) is 68.3 Å². The van der Waals surface area contributed by atoms with E-state index < -0.39 is 79.8 Å². The van der Waals surface area contributed by atoms with Crippen LogP contribution in [-0.2, 0) is 28.5 Å². The Balaban J connectivity index is 2.26. The van der Waals surface area contributed by atoms with Crippen LogP contribution in [0.15, 0.2) is 0 Å². The first kappa shape index (κ1) is 22.9. The molecule has 10 atom stereocenters. The summed E-state index contributed by atoms with van der Waals surface area (Å²) in [6.45, 7) is 0.429. The normalized spacial score (nSPS) is 44.1. The highest BCUT2D eigenvalue weighted by Crippen LogP contribution is 2.29. The maximum absolute atomic E-state index is 11.4. The topological polar surface area (TPSA) is 204 Å². The molecule has 7 N–H and O–H groups in total. The maximum atomic E-state index is 11.4. The lowest BCUT2D eigenvalue weighted by Crippen LogP contribution is -2.68. The molecule has 13 nitrogen and oxygen atoms in total. The highest BCUT2D eigenvalue weighted by atomic mass is 16.7. The van der Waals surface area contributed by atoms with E-state index in [2.05, 4.69) is 5.32 Å². The summed E-state index contributed by atoms with van der Waals surface area (Å²) in [4.78, 5) is 22.8. The molecule has 2 fully saturated rings. The number of amides is 1. The molecule has 0 spiro atoms. The number of aliphatic hydroxyl groups is 5. The van der Waals surface area contributed by atoms with Gasteiger partial charge in [0.05, 0.1) is 6.61 Å². The molecular formula is C15H25NO12. The van der Waals surface area contributed by atoms with Gasteiger partial charge in [-0.15, -0.1) is 0 Å². The lowest BCUT2D eigenvalue weighted by Gasteiger charge is -2.46. The molecule has 0 aromatic heterocycles. The monoisotopic (exact) mass is 411 g/mol. The first-order chi connectivity index (χ1) is 13.1. The molecule has 0 bridgehead atoms. The summed E-state index contributed by atoms with van der Waals surface area (Å²) < 4.78 is 20.5. The number of rotatable bonds is 6. The molecule has 2 aliphatic heterocycles. The summed E-state index contributed by atoms with van der Waals surface area (Å²) in [5.74, 6) is -2.10. The van der Waals surface area contributed by atoms with Gasteiger partial charge in [0.25, 0.3) is 0 Å². The van der Waals surface area contributed by atoms with Gasteiger partial charge in [-0.1, -0.05) is 0 Å². The van der Waals surface area contributed by atoms with Crippen LogP contribution >= 0.6 is 0 Å². The molecule has 0 radical (unpaired) electrons. The summed E-state index contributed by atoms with van der Waals surface area (Å²) >= 11 is 0. The summed E-state index contributed by atoms with van der Waals surface area (Å²) in [6, 6.07) is -1.34. The fourth-order valence-electron chi connectivity index (χ4n) is 3.20. The summed E-state index contributed by atoms with van der Waals surface area (Å²) in [5.41, 5.74) is 0. The van der Waals surface area contributed by atoms with Crippen molar-refractivity contribution < 1.29 is 59.2 Å². The molecule has 28 heavy (non-hydrogen) atoms. The number of hydrogen-bond acceptors (Lipinski definition) is 11. The average molecular weight is 411 g/mol. The Morgan fingerprint density at radius 3 is 2.18 bits per heavy atom. The van der Waals surface area contributed by atoms with E-state index in [0.29, 0.717) is 0 Å². The van der Waals surface area contributed by atoms with Crippen molar-refractivity contribution in [3.05, 3.63) is 0 Å². The van der Waals surface area contributed by atoms with Gasteiger partial charge < -0.3 is 54.9 Å². The van der Waals surface area contributed by atoms with Crippen molar-refractivity contribution in [1.82, 2.24) is 5.32 Å². The minimum Gasteiger partial charge on any atom is -0.479 e.